The molecule has 1 rings (SSSR count). The van der Waals surface area contributed by atoms with Crippen LogP contribution in [0.25, 0.3) is 0 Å². The van der Waals surface area contributed by atoms with Gasteiger partial charge in [0.25, 0.3) is 0 Å². The number of thioether (sulfide) groups is 1. The van der Waals surface area contributed by atoms with Crippen molar-refractivity contribution in [1.29, 1.82) is 0 Å². The Bertz CT molecular complexity index is 880. The molecule has 5 unspecified atom stereocenters. The summed E-state index contributed by atoms with van der Waals surface area (Å²) in [6.07, 6.45) is 1.14. The molecule has 0 aliphatic rings. The Hall–Kier alpha value is -2.83. The van der Waals surface area contributed by atoms with E-state index in [-0.39, 0.29) is 24.5 Å². The van der Waals surface area contributed by atoms with Gasteiger partial charge < -0.3 is 37.0 Å². The van der Waals surface area contributed by atoms with E-state index >= 15 is 0 Å². The van der Waals surface area contributed by atoms with Crippen LogP contribution in [0.5, 0.6) is 5.75 Å². The van der Waals surface area contributed by atoms with Crippen LogP contribution in [0.3, 0.4) is 0 Å². The van der Waals surface area contributed by atoms with E-state index in [1.54, 1.807) is 12.1 Å². The maximum absolute atomic E-state index is 13.0. The standard InChI is InChI=1S/C24H38N4O7S/c1-13(2)11-18(22(32)27-19(24(34)35)12-15-5-7-16(30)8-6-15)26-23(33)20(14(3)29)28-21(31)17(25)9-10-36-4/h5-8,13-14,17-20,29-30H,9-12,25H2,1-4H3,(H,26,33)(H,27,32)(H,28,31)(H,34,35). The number of hydrogen-bond donors (Lipinski definition) is 7. The second-order valence-corrected chi connectivity index (χ2v) is 10.1. The summed E-state index contributed by atoms with van der Waals surface area (Å²) in [4.78, 5) is 50.1. The van der Waals surface area contributed by atoms with E-state index in [1.165, 1.54) is 30.8 Å². The van der Waals surface area contributed by atoms with Crippen molar-refractivity contribution in [1.82, 2.24) is 16.0 Å². The Morgan fingerprint density at radius 2 is 1.53 bits per heavy atom. The number of aliphatic carboxylic acids is 1. The molecule has 0 spiro atoms. The van der Waals surface area contributed by atoms with E-state index in [1.807, 2.05) is 20.1 Å². The fraction of sp³-hybridized carbons (Fsp3) is 0.583. The number of nitrogens with one attached hydrogen (secondary N) is 3. The first-order valence-corrected chi connectivity index (χ1v) is 13.1. The molecule has 8 N–H and O–H groups in total. The number of carboxylic acids is 1. The maximum Gasteiger partial charge on any atom is 0.326 e. The highest BCUT2D eigenvalue weighted by Gasteiger charge is 2.32. The Labute approximate surface area is 215 Å². The monoisotopic (exact) mass is 526 g/mol. The normalized spacial score (nSPS) is 15.3. The largest absolute Gasteiger partial charge is 0.508 e. The molecule has 5 atom stereocenters. The smallest absolute Gasteiger partial charge is 0.326 e. The van der Waals surface area contributed by atoms with E-state index < -0.39 is 54.0 Å². The summed E-state index contributed by atoms with van der Waals surface area (Å²) < 4.78 is 0. The molecule has 0 aromatic heterocycles. The van der Waals surface area contributed by atoms with Gasteiger partial charge in [-0.15, -0.1) is 0 Å². The average molecular weight is 527 g/mol. The van der Waals surface area contributed by atoms with Crippen molar-refractivity contribution < 1.29 is 34.5 Å². The summed E-state index contributed by atoms with van der Waals surface area (Å²) in [7, 11) is 0. The summed E-state index contributed by atoms with van der Waals surface area (Å²) in [5, 5.41) is 36.6. The highest BCUT2D eigenvalue weighted by Crippen LogP contribution is 2.12. The minimum atomic E-state index is -1.35. The lowest BCUT2D eigenvalue weighted by molar-refractivity contribution is -0.142. The molecule has 36 heavy (non-hydrogen) atoms. The number of phenolic OH excluding ortho intramolecular Hbond substituents is 1. The summed E-state index contributed by atoms with van der Waals surface area (Å²) in [5.41, 5.74) is 6.43. The molecule has 0 saturated carbocycles. The third kappa shape index (κ3) is 10.8. The fourth-order valence-electron chi connectivity index (χ4n) is 3.35. The van der Waals surface area contributed by atoms with Gasteiger partial charge in [-0.3, -0.25) is 14.4 Å². The molecule has 0 saturated heterocycles. The molecule has 3 amide bonds. The third-order valence-corrected chi connectivity index (χ3v) is 6.01. The van der Waals surface area contributed by atoms with Crippen LogP contribution >= 0.6 is 11.8 Å². The zero-order valence-corrected chi connectivity index (χ0v) is 21.9. The van der Waals surface area contributed by atoms with Crippen LogP contribution in [-0.4, -0.2) is 81.3 Å². The molecule has 0 heterocycles. The van der Waals surface area contributed by atoms with Crippen LogP contribution in [0, 0.1) is 5.92 Å². The number of phenols is 1. The van der Waals surface area contributed by atoms with E-state index in [2.05, 4.69) is 16.0 Å². The summed E-state index contributed by atoms with van der Waals surface area (Å²) in [6, 6.07) is 1.31. The zero-order chi connectivity index (χ0) is 27.4. The molecule has 1 aromatic rings. The molecular formula is C24H38N4O7S. The molecule has 1 aromatic carbocycles. The van der Waals surface area contributed by atoms with E-state index in [0.717, 1.165) is 0 Å². The molecule has 0 aliphatic carbocycles. The Balaban J connectivity index is 2.96. The third-order valence-electron chi connectivity index (χ3n) is 5.36. The van der Waals surface area contributed by atoms with Gasteiger partial charge in [0.1, 0.15) is 23.9 Å². The lowest BCUT2D eigenvalue weighted by Gasteiger charge is -2.27. The van der Waals surface area contributed by atoms with Crippen molar-refractivity contribution >= 4 is 35.5 Å². The second kappa shape index (κ2) is 15.3. The van der Waals surface area contributed by atoms with Crippen molar-refractivity contribution in [3.63, 3.8) is 0 Å². The van der Waals surface area contributed by atoms with Gasteiger partial charge in [-0.05, 0) is 55.4 Å². The SMILES string of the molecule is CSCCC(N)C(=O)NC(C(=O)NC(CC(C)C)C(=O)NC(Cc1ccc(O)cc1)C(=O)O)C(C)O. The number of benzene rings is 1. The van der Waals surface area contributed by atoms with Gasteiger partial charge in [-0.1, -0.05) is 26.0 Å². The van der Waals surface area contributed by atoms with Crippen molar-refractivity contribution in [2.45, 2.75) is 70.3 Å². The number of amides is 3. The lowest BCUT2D eigenvalue weighted by atomic mass is 10.0. The predicted octanol–water partition coefficient (Wildman–Crippen LogP) is -0.0190. The molecule has 0 radical (unpaired) electrons. The van der Waals surface area contributed by atoms with Crippen LogP contribution in [0.4, 0.5) is 0 Å². The van der Waals surface area contributed by atoms with Gasteiger partial charge in [0.15, 0.2) is 0 Å². The Morgan fingerprint density at radius 3 is 2.03 bits per heavy atom. The topological polar surface area (TPSA) is 191 Å². The first-order valence-electron chi connectivity index (χ1n) is 11.7. The van der Waals surface area contributed by atoms with Crippen LogP contribution in [0.15, 0.2) is 24.3 Å². The Kier molecular flexibility index (Phi) is 13.3. The number of aliphatic hydroxyl groups excluding tert-OH is 1. The molecule has 11 nitrogen and oxygen atoms in total. The lowest BCUT2D eigenvalue weighted by Crippen LogP contribution is -2.60. The minimum absolute atomic E-state index is 0.0272. The molecule has 202 valence electrons. The summed E-state index contributed by atoms with van der Waals surface area (Å²) in [5.74, 6) is -2.74. The summed E-state index contributed by atoms with van der Waals surface area (Å²) >= 11 is 1.52. The van der Waals surface area contributed by atoms with Crippen molar-refractivity contribution in [2.75, 3.05) is 12.0 Å². The van der Waals surface area contributed by atoms with Gasteiger partial charge in [0.05, 0.1) is 12.1 Å². The van der Waals surface area contributed by atoms with Crippen molar-refractivity contribution in [3.8, 4) is 5.75 Å². The van der Waals surface area contributed by atoms with Gasteiger partial charge in [0.2, 0.25) is 17.7 Å². The van der Waals surface area contributed by atoms with Crippen molar-refractivity contribution in [3.05, 3.63) is 29.8 Å². The number of rotatable bonds is 15. The van der Waals surface area contributed by atoms with Crippen LogP contribution in [0.1, 0.15) is 39.2 Å². The molecule has 0 aliphatic heterocycles. The van der Waals surface area contributed by atoms with E-state index in [4.69, 9.17) is 5.73 Å². The van der Waals surface area contributed by atoms with E-state index in [0.29, 0.717) is 17.7 Å². The molecule has 12 heteroatoms. The quantitative estimate of drug-likeness (QED) is 0.165. The Morgan fingerprint density at radius 1 is 0.944 bits per heavy atom. The summed E-state index contributed by atoms with van der Waals surface area (Å²) in [6.45, 7) is 4.99. The van der Waals surface area contributed by atoms with E-state index in [9.17, 15) is 34.5 Å². The first kappa shape index (κ1) is 31.2. The highest BCUT2D eigenvalue weighted by atomic mass is 32.2. The van der Waals surface area contributed by atoms with Crippen LogP contribution in [-0.2, 0) is 25.6 Å². The fourth-order valence-corrected chi connectivity index (χ4v) is 3.84. The predicted molar refractivity (Wildman–Crippen MR) is 137 cm³/mol. The molecular weight excluding hydrogens is 488 g/mol. The second-order valence-electron chi connectivity index (χ2n) is 9.08. The number of carboxylic acid groups (broad SMARTS) is 1. The number of aromatic hydroxyl groups is 1. The number of carbonyl (C=O) groups is 4. The minimum Gasteiger partial charge on any atom is -0.508 e. The van der Waals surface area contributed by atoms with Crippen LogP contribution < -0.4 is 21.7 Å². The van der Waals surface area contributed by atoms with Crippen molar-refractivity contribution in [2.24, 2.45) is 11.7 Å². The first-order chi connectivity index (χ1) is 16.8. The van der Waals surface area contributed by atoms with Gasteiger partial charge in [-0.25, -0.2) is 4.79 Å². The highest BCUT2D eigenvalue weighted by molar-refractivity contribution is 7.98. The molecule has 0 bridgehead atoms. The van der Waals surface area contributed by atoms with Crippen LogP contribution in [0.2, 0.25) is 0 Å². The molecule has 0 fully saturated rings. The van der Waals surface area contributed by atoms with Gasteiger partial charge in [0, 0.05) is 6.42 Å². The number of carbonyl (C=O) groups excluding carboxylic acids is 3. The van der Waals surface area contributed by atoms with Gasteiger partial charge >= 0.3 is 5.97 Å². The average Bonchev–Trinajstić information content (AvgIpc) is 2.80. The number of hydrogen-bond acceptors (Lipinski definition) is 8. The number of aliphatic hydroxyl groups is 1. The zero-order valence-electron chi connectivity index (χ0n) is 21.1. The number of nitrogens with two attached hydrogens (primary N) is 1. The maximum atomic E-state index is 13.0. The van der Waals surface area contributed by atoms with Gasteiger partial charge in [-0.2, -0.15) is 11.8 Å².